The third-order valence-electron chi connectivity index (χ3n) is 5.11. The molecule has 0 N–H and O–H groups in total. The lowest BCUT2D eigenvalue weighted by Crippen LogP contribution is -2.17. The molecule has 156 valence electrons. The summed E-state index contributed by atoms with van der Waals surface area (Å²) in [5, 5.41) is 8.20. The predicted molar refractivity (Wildman–Crippen MR) is 97.4 cm³/mol. The second-order valence-corrected chi connectivity index (χ2v) is 6.58. The highest BCUT2D eigenvalue weighted by atomic mass is 17.5. The van der Waals surface area contributed by atoms with E-state index in [1.807, 2.05) is 0 Å². The average molecular weight is 379 g/mol. The minimum Gasteiger partial charge on any atom is -0.272 e. The number of unbranched alkanes of at least 4 members (excludes halogenated alkanes) is 5. The summed E-state index contributed by atoms with van der Waals surface area (Å²) in [6, 6.07) is 0. The summed E-state index contributed by atoms with van der Waals surface area (Å²) in [5.74, 6) is 0. The lowest BCUT2D eigenvalue weighted by atomic mass is 9.75. The molecule has 1 saturated heterocycles. The maximum Gasteiger partial charge on any atom is 0.334 e. The number of carbonyl (C=O) groups is 1. The van der Waals surface area contributed by atoms with Gasteiger partial charge in [0.2, 0.25) is 0 Å². The van der Waals surface area contributed by atoms with Crippen molar-refractivity contribution in [1.29, 1.82) is 0 Å². The first kappa shape index (κ1) is 25.3. The third kappa shape index (κ3) is 14.4. The predicted octanol–water partition coefficient (Wildman–Crippen LogP) is 5.24. The highest BCUT2D eigenvalue weighted by Crippen LogP contribution is 2.36. The Morgan fingerprint density at radius 1 is 0.885 bits per heavy atom. The fourth-order valence-corrected chi connectivity index (χ4v) is 3.01. The monoisotopic (exact) mass is 378 g/mol. The van der Waals surface area contributed by atoms with Crippen LogP contribution in [0.4, 0.5) is 0 Å². The van der Waals surface area contributed by atoms with Crippen LogP contribution in [0.5, 0.6) is 0 Å². The molecule has 0 aliphatic carbocycles. The first-order chi connectivity index (χ1) is 12.7. The van der Waals surface area contributed by atoms with Gasteiger partial charge in [-0.2, -0.15) is 4.89 Å². The summed E-state index contributed by atoms with van der Waals surface area (Å²) >= 11 is 0. The smallest absolute Gasteiger partial charge is 0.272 e. The average Bonchev–Trinajstić information content (AvgIpc) is 2.71. The van der Waals surface area contributed by atoms with Gasteiger partial charge in [-0.1, -0.05) is 77.2 Å². The third-order valence-corrected chi connectivity index (χ3v) is 5.11. The van der Waals surface area contributed by atoms with E-state index in [9.17, 15) is 4.79 Å². The van der Waals surface area contributed by atoms with Crippen LogP contribution in [0, 0.1) is 5.41 Å². The van der Waals surface area contributed by atoms with Crippen molar-refractivity contribution in [2.24, 2.45) is 5.41 Å². The van der Waals surface area contributed by atoms with Crippen molar-refractivity contribution in [2.45, 2.75) is 91.4 Å². The van der Waals surface area contributed by atoms with Gasteiger partial charge in [-0.15, -0.1) is 0 Å². The van der Waals surface area contributed by atoms with E-state index in [1.54, 1.807) is 0 Å². The second kappa shape index (κ2) is 19.0. The van der Waals surface area contributed by atoms with Crippen LogP contribution in [0.2, 0.25) is 0 Å². The Hall–Kier alpha value is -0.730. The maximum absolute atomic E-state index is 9.75. The normalized spacial score (nSPS) is 14.4. The zero-order chi connectivity index (χ0) is 19.3. The number of rotatable bonds is 15. The molecule has 1 fully saturated rings. The van der Waals surface area contributed by atoms with Gasteiger partial charge < -0.3 is 0 Å². The highest BCUT2D eigenvalue weighted by Gasteiger charge is 2.22. The molecule has 7 nitrogen and oxygen atoms in total. The number of hydrogen-bond acceptors (Lipinski definition) is 7. The second-order valence-electron chi connectivity index (χ2n) is 6.58. The topological polar surface area (TPSA) is 72.5 Å². The molecule has 1 rings (SSSR count). The van der Waals surface area contributed by atoms with E-state index in [0.29, 0.717) is 25.2 Å². The van der Waals surface area contributed by atoms with Crippen molar-refractivity contribution in [2.75, 3.05) is 19.8 Å². The molecule has 0 aromatic carbocycles. The summed E-state index contributed by atoms with van der Waals surface area (Å²) < 4.78 is 0. The Bertz CT molecular complexity index is 272. The van der Waals surface area contributed by atoms with Crippen molar-refractivity contribution in [3.05, 3.63) is 0 Å². The van der Waals surface area contributed by atoms with Crippen LogP contribution in [0.25, 0.3) is 0 Å². The van der Waals surface area contributed by atoms with E-state index < -0.39 is 0 Å². The molecule has 0 atom stereocenters. The van der Waals surface area contributed by atoms with Crippen LogP contribution in [-0.4, -0.2) is 26.3 Å². The molecule has 0 bridgehead atoms. The standard InChI is InChI=1S/C16H32O4.C3H6O3/c1-4-16(5-2,6-3)13-11-9-7-8-10-12-14-18-20-19-15-17;1-2-4-6-5-3-1/h15H,4-14H2,1-3H3;1-3H2. The van der Waals surface area contributed by atoms with Gasteiger partial charge in [0.05, 0.1) is 19.8 Å². The van der Waals surface area contributed by atoms with Gasteiger partial charge in [0, 0.05) is 6.42 Å². The van der Waals surface area contributed by atoms with E-state index in [0.717, 1.165) is 19.3 Å². The lowest BCUT2D eigenvalue weighted by molar-refractivity contribution is -0.532. The molecule has 1 aliphatic heterocycles. The Kier molecular flexibility index (Phi) is 18.5. The Morgan fingerprint density at radius 2 is 1.46 bits per heavy atom. The van der Waals surface area contributed by atoms with Gasteiger partial charge in [-0.25, -0.2) is 9.78 Å². The van der Waals surface area contributed by atoms with Crippen molar-refractivity contribution in [1.82, 2.24) is 0 Å². The van der Waals surface area contributed by atoms with Crippen LogP contribution in [0.15, 0.2) is 0 Å². The fraction of sp³-hybridized carbons (Fsp3) is 0.947. The van der Waals surface area contributed by atoms with Crippen LogP contribution in [0.3, 0.4) is 0 Å². The first-order valence-corrected chi connectivity index (χ1v) is 10.0. The molecule has 7 heteroatoms. The van der Waals surface area contributed by atoms with Crippen molar-refractivity contribution in [3.63, 3.8) is 0 Å². The Balaban J connectivity index is 0.000000867. The van der Waals surface area contributed by atoms with Crippen LogP contribution < -0.4 is 0 Å². The minimum absolute atomic E-state index is 0.197. The summed E-state index contributed by atoms with van der Waals surface area (Å²) in [6.45, 7) is 8.94. The minimum atomic E-state index is 0.197. The molecule has 0 amide bonds. The molecule has 26 heavy (non-hydrogen) atoms. The highest BCUT2D eigenvalue weighted by molar-refractivity contribution is 5.35. The molecular formula is C19H38O7. The van der Waals surface area contributed by atoms with E-state index in [-0.39, 0.29) is 6.47 Å². The molecule has 1 aliphatic rings. The van der Waals surface area contributed by atoms with Crippen molar-refractivity contribution in [3.8, 4) is 0 Å². The van der Waals surface area contributed by atoms with Crippen LogP contribution in [0.1, 0.15) is 91.4 Å². The maximum atomic E-state index is 9.75. The number of carbonyl (C=O) groups excluding carboxylic acids is 1. The zero-order valence-corrected chi connectivity index (χ0v) is 16.8. The molecular weight excluding hydrogens is 340 g/mol. The Labute approximate surface area is 158 Å². The molecule has 0 unspecified atom stereocenters. The van der Waals surface area contributed by atoms with Gasteiger partial charge in [-0.3, -0.25) is 9.68 Å². The van der Waals surface area contributed by atoms with Crippen molar-refractivity contribution >= 4 is 6.47 Å². The van der Waals surface area contributed by atoms with Crippen LogP contribution >= 0.6 is 0 Å². The van der Waals surface area contributed by atoms with Gasteiger partial charge >= 0.3 is 6.47 Å². The molecule has 0 spiro atoms. The quantitative estimate of drug-likeness (QED) is 0.167. The van der Waals surface area contributed by atoms with Crippen LogP contribution in [-0.2, 0) is 34.4 Å². The summed E-state index contributed by atoms with van der Waals surface area (Å²) in [5.41, 5.74) is 0.587. The molecule has 1 heterocycles. The van der Waals surface area contributed by atoms with Crippen molar-refractivity contribution < 1.29 is 34.4 Å². The molecule has 0 saturated carbocycles. The largest absolute Gasteiger partial charge is 0.334 e. The molecule has 0 aromatic heterocycles. The fourth-order valence-electron chi connectivity index (χ4n) is 3.01. The number of hydrogen-bond donors (Lipinski definition) is 0. The SMILES string of the molecule is C1COOOC1.CCC(CC)(CC)CCCCCCCCOOOC=O. The zero-order valence-electron chi connectivity index (χ0n) is 16.8. The van der Waals surface area contributed by atoms with Gasteiger partial charge in [-0.05, 0) is 23.3 Å². The summed E-state index contributed by atoms with van der Waals surface area (Å²) in [4.78, 5) is 27.0. The molecule has 0 radical (unpaired) electrons. The van der Waals surface area contributed by atoms with E-state index in [4.69, 9.17) is 0 Å². The van der Waals surface area contributed by atoms with E-state index in [2.05, 4.69) is 50.4 Å². The van der Waals surface area contributed by atoms with E-state index in [1.165, 1.54) is 51.4 Å². The summed E-state index contributed by atoms with van der Waals surface area (Å²) in [6.07, 6.45) is 13.5. The molecule has 0 aromatic rings. The lowest BCUT2D eigenvalue weighted by Gasteiger charge is -2.30. The van der Waals surface area contributed by atoms with Gasteiger partial charge in [0.25, 0.3) is 0 Å². The summed E-state index contributed by atoms with van der Waals surface area (Å²) in [7, 11) is 0. The van der Waals surface area contributed by atoms with Gasteiger partial charge in [0.15, 0.2) is 0 Å². The first-order valence-electron chi connectivity index (χ1n) is 10.0. The van der Waals surface area contributed by atoms with Gasteiger partial charge in [0.1, 0.15) is 0 Å². The van der Waals surface area contributed by atoms with E-state index >= 15 is 0 Å². The Morgan fingerprint density at radius 3 is 1.92 bits per heavy atom.